The number of methoxy groups -OCH3 is 1. The number of thiophene rings is 1. The predicted octanol–water partition coefficient (Wildman–Crippen LogP) is 4.43. The molecule has 0 bridgehead atoms. The van der Waals surface area contributed by atoms with E-state index in [1.165, 1.54) is 5.56 Å². The number of rotatable bonds is 8. The van der Waals surface area contributed by atoms with Gasteiger partial charge in [0.2, 0.25) is 0 Å². The van der Waals surface area contributed by atoms with Crippen LogP contribution in [0.3, 0.4) is 0 Å². The largest absolute Gasteiger partial charge is 0.496 e. The lowest BCUT2D eigenvalue weighted by molar-refractivity contribution is 0.244. The molecule has 0 N–H and O–H groups in total. The van der Waals surface area contributed by atoms with Crippen molar-refractivity contribution in [1.82, 2.24) is 19.2 Å². The molecule has 0 amide bonds. The maximum atomic E-state index is 5.67. The average Bonchev–Trinajstić information content (AvgIpc) is 3.25. The minimum Gasteiger partial charge on any atom is -0.496 e. The van der Waals surface area contributed by atoms with E-state index in [2.05, 4.69) is 35.4 Å². The lowest BCUT2D eigenvalue weighted by Crippen LogP contribution is -2.22. The molecule has 0 aliphatic rings. The SMILES string of the molecule is C=CCn1c(-c2ccccc2OC)nn(CN(C)Cc2ccsc2)c1=S. The van der Waals surface area contributed by atoms with Crippen LogP contribution in [-0.4, -0.2) is 33.4 Å². The molecule has 2 aromatic heterocycles. The van der Waals surface area contributed by atoms with Gasteiger partial charge < -0.3 is 4.74 Å². The van der Waals surface area contributed by atoms with Crippen molar-refractivity contribution in [2.75, 3.05) is 14.2 Å². The number of ether oxygens (including phenoxy) is 1. The third-order valence-electron chi connectivity index (χ3n) is 3.99. The molecule has 7 heteroatoms. The summed E-state index contributed by atoms with van der Waals surface area (Å²) in [4.78, 5) is 2.19. The fraction of sp³-hybridized carbons (Fsp3) is 0.263. The molecule has 0 aliphatic heterocycles. The highest BCUT2D eigenvalue weighted by Gasteiger charge is 2.16. The molecule has 3 rings (SSSR count). The van der Waals surface area contributed by atoms with Gasteiger partial charge in [0.15, 0.2) is 10.6 Å². The third-order valence-corrected chi connectivity index (χ3v) is 5.15. The van der Waals surface area contributed by atoms with Gasteiger partial charge in [-0.25, -0.2) is 4.68 Å². The summed E-state index contributed by atoms with van der Waals surface area (Å²) in [6.07, 6.45) is 1.83. The van der Waals surface area contributed by atoms with E-state index < -0.39 is 0 Å². The Labute approximate surface area is 162 Å². The minimum absolute atomic E-state index is 0.598. The molecule has 5 nitrogen and oxygen atoms in total. The van der Waals surface area contributed by atoms with Crippen molar-refractivity contribution in [3.05, 3.63) is 64.1 Å². The van der Waals surface area contributed by atoms with Crippen LogP contribution in [-0.2, 0) is 19.8 Å². The molecule has 0 unspecified atom stereocenters. The molecular formula is C19H22N4OS2. The van der Waals surface area contributed by atoms with Crippen molar-refractivity contribution < 1.29 is 4.74 Å². The summed E-state index contributed by atoms with van der Waals surface area (Å²) in [5.74, 6) is 1.56. The summed E-state index contributed by atoms with van der Waals surface area (Å²) in [5.41, 5.74) is 2.21. The van der Waals surface area contributed by atoms with Crippen molar-refractivity contribution in [3.8, 4) is 17.1 Å². The first kappa shape index (κ1) is 18.6. The van der Waals surface area contributed by atoms with Crippen LogP contribution in [0.15, 0.2) is 53.7 Å². The summed E-state index contributed by atoms with van der Waals surface area (Å²) in [6.45, 7) is 5.91. The second kappa shape index (κ2) is 8.44. The van der Waals surface area contributed by atoms with Crippen LogP contribution in [0.4, 0.5) is 0 Å². The Balaban J connectivity index is 1.94. The van der Waals surface area contributed by atoms with E-state index in [9.17, 15) is 0 Å². The van der Waals surface area contributed by atoms with E-state index in [-0.39, 0.29) is 0 Å². The van der Waals surface area contributed by atoms with Crippen molar-refractivity contribution in [2.24, 2.45) is 0 Å². The highest BCUT2D eigenvalue weighted by atomic mass is 32.1. The normalized spacial score (nSPS) is 11.0. The predicted molar refractivity (Wildman–Crippen MR) is 109 cm³/mol. The lowest BCUT2D eigenvalue weighted by atomic mass is 10.2. The van der Waals surface area contributed by atoms with Gasteiger partial charge in [0, 0.05) is 13.1 Å². The number of hydrogen-bond acceptors (Lipinski definition) is 5. The second-order valence-corrected chi connectivity index (χ2v) is 7.14. The molecule has 2 heterocycles. The second-order valence-electron chi connectivity index (χ2n) is 5.99. The Hall–Kier alpha value is -2.22. The molecule has 0 aliphatic carbocycles. The highest BCUT2D eigenvalue weighted by Crippen LogP contribution is 2.28. The summed E-state index contributed by atoms with van der Waals surface area (Å²) in [6, 6.07) is 9.98. The van der Waals surface area contributed by atoms with Crippen molar-refractivity contribution in [2.45, 2.75) is 19.8 Å². The number of benzene rings is 1. The van der Waals surface area contributed by atoms with Crippen LogP contribution < -0.4 is 4.74 Å². The number of hydrogen-bond donors (Lipinski definition) is 0. The van der Waals surface area contributed by atoms with Crippen molar-refractivity contribution >= 4 is 23.6 Å². The Morgan fingerprint density at radius 1 is 1.35 bits per heavy atom. The molecule has 0 spiro atoms. The maximum absolute atomic E-state index is 5.67. The molecule has 0 fully saturated rings. The third kappa shape index (κ3) is 3.95. The van der Waals surface area contributed by atoms with Gasteiger partial charge in [-0.15, -0.1) is 6.58 Å². The molecule has 136 valence electrons. The van der Waals surface area contributed by atoms with Gasteiger partial charge in [-0.3, -0.25) is 9.47 Å². The summed E-state index contributed by atoms with van der Waals surface area (Å²) in [5, 5.41) is 9.03. The molecule has 3 aromatic rings. The van der Waals surface area contributed by atoms with E-state index in [0.717, 1.165) is 23.7 Å². The average molecular weight is 387 g/mol. The van der Waals surface area contributed by atoms with Gasteiger partial charge >= 0.3 is 0 Å². The minimum atomic E-state index is 0.598. The van der Waals surface area contributed by atoms with Gasteiger partial charge in [0.25, 0.3) is 0 Å². The molecule has 0 atom stereocenters. The van der Waals surface area contributed by atoms with Crippen LogP contribution in [0.2, 0.25) is 0 Å². The molecule has 0 saturated carbocycles. The Bertz CT molecular complexity index is 927. The molecule has 1 aromatic carbocycles. The topological polar surface area (TPSA) is 35.2 Å². The quantitative estimate of drug-likeness (QED) is 0.424. The fourth-order valence-corrected chi connectivity index (χ4v) is 3.75. The summed E-state index contributed by atoms with van der Waals surface area (Å²) >= 11 is 7.38. The van der Waals surface area contributed by atoms with Crippen LogP contribution in [0.5, 0.6) is 5.75 Å². The van der Waals surface area contributed by atoms with Crippen molar-refractivity contribution in [3.63, 3.8) is 0 Å². The highest BCUT2D eigenvalue weighted by molar-refractivity contribution is 7.71. The van der Waals surface area contributed by atoms with Crippen LogP contribution in [0, 0.1) is 4.77 Å². The smallest absolute Gasteiger partial charge is 0.199 e. The first-order valence-electron chi connectivity index (χ1n) is 8.25. The van der Waals surface area contributed by atoms with Crippen LogP contribution in [0.25, 0.3) is 11.4 Å². The Kier molecular flexibility index (Phi) is 6.03. The van der Waals surface area contributed by atoms with E-state index in [1.807, 2.05) is 39.6 Å². The zero-order valence-electron chi connectivity index (χ0n) is 15.0. The van der Waals surface area contributed by atoms with E-state index in [4.69, 9.17) is 22.1 Å². The van der Waals surface area contributed by atoms with E-state index in [1.54, 1.807) is 18.4 Å². The lowest BCUT2D eigenvalue weighted by Gasteiger charge is -2.15. The van der Waals surface area contributed by atoms with Gasteiger partial charge in [0.05, 0.1) is 19.3 Å². The molecule has 26 heavy (non-hydrogen) atoms. The number of para-hydroxylation sites is 1. The summed E-state index contributed by atoms with van der Waals surface area (Å²) in [7, 11) is 3.73. The molecular weight excluding hydrogens is 364 g/mol. The monoisotopic (exact) mass is 386 g/mol. The standard InChI is InChI=1S/C19H22N4OS2/c1-4-10-22-18(16-7-5-6-8-17(16)24-3)20-23(19(22)25)14-21(2)12-15-9-11-26-13-15/h4-9,11,13H,1,10,12,14H2,2-3H3. The number of allylic oxidation sites excluding steroid dienone is 1. The van der Waals surface area contributed by atoms with Crippen LogP contribution >= 0.6 is 23.6 Å². The Morgan fingerprint density at radius 2 is 2.15 bits per heavy atom. The van der Waals surface area contributed by atoms with Gasteiger partial charge in [0.1, 0.15) is 5.75 Å². The fourth-order valence-electron chi connectivity index (χ4n) is 2.83. The van der Waals surface area contributed by atoms with Crippen LogP contribution in [0.1, 0.15) is 5.56 Å². The van der Waals surface area contributed by atoms with E-state index >= 15 is 0 Å². The first-order chi connectivity index (χ1) is 12.6. The first-order valence-corrected chi connectivity index (χ1v) is 9.60. The Morgan fingerprint density at radius 3 is 2.85 bits per heavy atom. The maximum Gasteiger partial charge on any atom is 0.199 e. The summed E-state index contributed by atoms with van der Waals surface area (Å²) < 4.78 is 10.0. The zero-order chi connectivity index (χ0) is 18.5. The zero-order valence-corrected chi connectivity index (χ0v) is 16.6. The van der Waals surface area contributed by atoms with Gasteiger partial charge in [-0.1, -0.05) is 18.2 Å². The van der Waals surface area contributed by atoms with Crippen molar-refractivity contribution in [1.29, 1.82) is 0 Å². The number of nitrogens with zero attached hydrogens (tertiary/aromatic N) is 4. The van der Waals surface area contributed by atoms with E-state index in [0.29, 0.717) is 18.0 Å². The van der Waals surface area contributed by atoms with Gasteiger partial charge in [-0.2, -0.15) is 16.4 Å². The number of aromatic nitrogens is 3. The van der Waals surface area contributed by atoms with Gasteiger partial charge in [-0.05, 0) is 53.8 Å². The molecule has 0 radical (unpaired) electrons. The molecule has 0 saturated heterocycles.